The van der Waals surface area contributed by atoms with E-state index < -0.39 is 0 Å². The fraction of sp³-hybridized carbons (Fsp3) is 0.296. The molecular formula is C27H27N3OS. The fourth-order valence-electron chi connectivity index (χ4n) is 4.14. The van der Waals surface area contributed by atoms with E-state index in [0.717, 1.165) is 36.3 Å². The van der Waals surface area contributed by atoms with E-state index in [1.807, 2.05) is 73.7 Å². The van der Waals surface area contributed by atoms with Gasteiger partial charge < -0.3 is 0 Å². The molecule has 4 nitrogen and oxygen atoms in total. The molecule has 0 fully saturated rings. The van der Waals surface area contributed by atoms with Gasteiger partial charge in [0.1, 0.15) is 11.1 Å². The average Bonchev–Trinajstić information content (AvgIpc) is 2.83. The third-order valence-corrected chi connectivity index (χ3v) is 7.22. The summed E-state index contributed by atoms with van der Waals surface area (Å²) in [5.41, 5.74) is 4.49. The van der Waals surface area contributed by atoms with Gasteiger partial charge in [-0.05, 0) is 67.5 Å². The first-order chi connectivity index (χ1) is 15.6. The van der Waals surface area contributed by atoms with E-state index in [2.05, 4.69) is 13.0 Å². The molecule has 1 aliphatic rings. The monoisotopic (exact) mass is 441 g/mol. The van der Waals surface area contributed by atoms with Gasteiger partial charge in [0, 0.05) is 17.1 Å². The lowest BCUT2D eigenvalue weighted by molar-refractivity contribution is -0.117. The average molecular weight is 442 g/mol. The summed E-state index contributed by atoms with van der Waals surface area (Å²) in [5.74, 6) is 0.608. The number of fused-ring (bicyclic) bond motifs is 1. The summed E-state index contributed by atoms with van der Waals surface area (Å²) < 4.78 is 0. The first-order valence-electron chi connectivity index (χ1n) is 11.1. The Balaban J connectivity index is 1.67. The lowest BCUT2D eigenvalue weighted by Gasteiger charge is -2.27. The van der Waals surface area contributed by atoms with Gasteiger partial charge in [-0.15, -0.1) is 0 Å². The zero-order valence-electron chi connectivity index (χ0n) is 18.5. The van der Waals surface area contributed by atoms with E-state index in [0.29, 0.717) is 22.9 Å². The zero-order valence-corrected chi connectivity index (χ0v) is 19.3. The SMILES string of the molecule is CCC(Sc1nc2c(cc1C#N)CC(C)CC2)C(=O)N(c1ccccc1)c1ccccc1. The second-order valence-electron chi connectivity index (χ2n) is 8.27. The number of pyridine rings is 1. The minimum absolute atomic E-state index is 0.00747. The highest BCUT2D eigenvalue weighted by atomic mass is 32.2. The van der Waals surface area contributed by atoms with Crippen LogP contribution in [0.4, 0.5) is 11.4 Å². The number of aromatic nitrogens is 1. The van der Waals surface area contributed by atoms with Crippen LogP contribution in [0.15, 0.2) is 71.8 Å². The number of nitrogens with zero attached hydrogens (tertiary/aromatic N) is 3. The Morgan fingerprint density at radius 1 is 1.16 bits per heavy atom. The van der Waals surface area contributed by atoms with Crippen molar-refractivity contribution < 1.29 is 4.79 Å². The molecule has 4 rings (SSSR count). The second kappa shape index (κ2) is 10.0. The number of anilines is 2. The van der Waals surface area contributed by atoms with Gasteiger partial charge in [0.15, 0.2) is 0 Å². The van der Waals surface area contributed by atoms with Crippen molar-refractivity contribution in [2.45, 2.75) is 49.8 Å². The number of rotatable bonds is 6. The van der Waals surface area contributed by atoms with Crippen molar-refractivity contribution in [3.63, 3.8) is 0 Å². The molecule has 2 aromatic carbocycles. The highest BCUT2D eigenvalue weighted by Gasteiger charge is 2.29. The van der Waals surface area contributed by atoms with Crippen LogP contribution < -0.4 is 4.90 Å². The number of thioether (sulfide) groups is 1. The quantitative estimate of drug-likeness (QED) is 0.420. The summed E-state index contributed by atoms with van der Waals surface area (Å²) in [5, 5.41) is 10.1. The van der Waals surface area contributed by atoms with Crippen LogP contribution in [-0.4, -0.2) is 16.1 Å². The number of hydrogen-bond acceptors (Lipinski definition) is 4. The summed E-state index contributed by atoms with van der Waals surface area (Å²) in [6.45, 7) is 4.25. The van der Waals surface area contributed by atoms with Gasteiger partial charge in [-0.2, -0.15) is 5.26 Å². The number of amides is 1. The number of hydrogen-bond donors (Lipinski definition) is 0. The van der Waals surface area contributed by atoms with E-state index in [9.17, 15) is 10.1 Å². The number of para-hydroxylation sites is 2. The molecule has 0 bridgehead atoms. The van der Waals surface area contributed by atoms with Gasteiger partial charge >= 0.3 is 0 Å². The van der Waals surface area contributed by atoms with Gasteiger partial charge in [0.25, 0.3) is 0 Å². The maximum absolute atomic E-state index is 13.8. The van der Waals surface area contributed by atoms with E-state index in [1.165, 1.54) is 17.3 Å². The molecule has 0 radical (unpaired) electrons. The van der Waals surface area contributed by atoms with Crippen LogP contribution in [0.1, 0.15) is 43.5 Å². The molecule has 0 saturated carbocycles. The minimum Gasteiger partial charge on any atom is -0.280 e. The first-order valence-corrected chi connectivity index (χ1v) is 12.0. The Labute approximate surface area is 194 Å². The molecule has 162 valence electrons. The molecule has 1 aromatic heterocycles. The van der Waals surface area contributed by atoms with Gasteiger partial charge in [-0.1, -0.05) is 62.0 Å². The number of aryl methyl sites for hydroxylation is 1. The lowest BCUT2D eigenvalue weighted by atomic mass is 9.87. The van der Waals surface area contributed by atoms with Crippen molar-refractivity contribution in [3.05, 3.63) is 83.6 Å². The fourth-order valence-corrected chi connectivity index (χ4v) is 5.18. The van der Waals surface area contributed by atoms with Crippen molar-refractivity contribution in [2.75, 3.05) is 4.90 Å². The molecule has 1 heterocycles. The standard InChI is InChI=1S/C27H27N3OS/c1-3-25(32-26-21(18-28)17-20-16-19(2)14-15-24(20)29-26)27(31)30(22-10-6-4-7-11-22)23-12-8-5-9-13-23/h4-13,17,19,25H,3,14-16H2,1-2H3. The number of benzene rings is 2. The van der Waals surface area contributed by atoms with Crippen molar-refractivity contribution in [1.82, 2.24) is 4.98 Å². The molecular weight excluding hydrogens is 414 g/mol. The molecule has 1 amide bonds. The molecule has 2 atom stereocenters. The van der Waals surface area contributed by atoms with E-state index >= 15 is 0 Å². The maximum atomic E-state index is 13.8. The lowest BCUT2D eigenvalue weighted by Crippen LogP contribution is -2.34. The van der Waals surface area contributed by atoms with E-state index in [4.69, 9.17) is 4.98 Å². The smallest absolute Gasteiger partial charge is 0.245 e. The Morgan fingerprint density at radius 3 is 2.34 bits per heavy atom. The summed E-state index contributed by atoms with van der Waals surface area (Å²) >= 11 is 1.41. The first kappa shape index (κ1) is 22.1. The summed E-state index contributed by atoms with van der Waals surface area (Å²) in [6.07, 6.45) is 3.65. The highest BCUT2D eigenvalue weighted by Crippen LogP contribution is 2.35. The summed E-state index contributed by atoms with van der Waals surface area (Å²) in [4.78, 5) is 20.4. The van der Waals surface area contributed by atoms with Crippen molar-refractivity contribution in [3.8, 4) is 6.07 Å². The summed E-state index contributed by atoms with van der Waals surface area (Å²) in [7, 11) is 0. The third-order valence-electron chi connectivity index (χ3n) is 5.87. The van der Waals surface area contributed by atoms with E-state index in [-0.39, 0.29) is 11.2 Å². The van der Waals surface area contributed by atoms with Crippen LogP contribution in [0.3, 0.4) is 0 Å². The van der Waals surface area contributed by atoms with Crippen molar-refractivity contribution >= 4 is 29.0 Å². The Kier molecular flexibility index (Phi) is 6.92. The van der Waals surface area contributed by atoms with Crippen LogP contribution in [0.5, 0.6) is 0 Å². The molecule has 0 aliphatic heterocycles. The third kappa shape index (κ3) is 4.71. The van der Waals surface area contributed by atoms with Crippen LogP contribution in [0.2, 0.25) is 0 Å². The van der Waals surface area contributed by atoms with Crippen molar-refractivity contribution in [1.29, 1.82) is 5.26 Å². The highest BCUT2D eigenvalue weighted by molar-refractivity contribution is 8.00. The topological polar surface area (TPSA) is 57.0 Å². The van der Waals surface area contributed by atoms with Crippen LogP contribution in [-0.2, 0) is 17.6 Å². The second-order valence-corrected chi connectivity index (χ2v) is 9.46. The largest absolute Gasteiger partial charge is 0.280 e. The molecule has 2 unspecified atom stereocenters. The zero-order chi connectivity index (χ0) is 22.5. The molecule has 0 saturated heterocycles. The predicted octanol–water partition coefficient (Wildman–Crippen LogP) is 6.31. The predicted molar refractivity (Wildman–Crippen MR) is 130 cm³/mol. The maximum Gasteiger partial charge on any atom is 0.245 e. The Hall–Kier alpha value is -3.10. The Bertz CT molecular complexity index is 1090. The molecule has 32 heavy (non-hydrogen) atoms. The Morgan fingerprint density at radius 2 is 1.78 bits per heavy atom. The summed E-state index contributed by atoms with van der Waals surface area (Å²) in [6, 6.07) is 23.7. The number of carbonyl (C=O) groups excluding carboxylic acids is 1. The van der Waals surface area contributed by atoms with Crippen LogP contribution >= 0.6 is 11.8 Å². The van der Waals surface area contributed by atoms with E-state index in [1.54, 1.807) is 4.90 Å². The van der Waals surface area contributed by atoms with Crippen LogP contribution in [0.25, 0.3) is 0 Å². The molecule has 3 aromatic rings. The van der Waals surface area contributed by atoms with Crippen LogP contribution in [0, 0.1) is 17.2 Å². The molecule has 0 N–H and O–H groups in total. The number of nitriles is 1. The normalized spacial score (nSPS) is 16.0. The molecule has 0 spiro atoms. The van der Waals surface area contributed by atoms with Gasteiger partial charge in [-0.3, -0.25) is 9.69 Å². The van der Waals surface area contributed by atoms with Gasteiger partial charge in [0.05, 0.1) is 10.8 Å². The molecule has 1 aliphatic carbocycles. The van der Waals surface area contributed by atoms with Gasteiger partial charge in [-0.25, -0.2) is 4.98 Å². The minimum atomic E-state index is -0.351. The van der Waals surface area contributed by atoms with Crippen molar-refractivity contribution in [2.24, 2.45) is 5.92 Å². The number of carbonyl (C=O) groups is 1. The van der Waals surface area contributed by atoms with Gasteiger partial charge in [0.2, 0.25) is 5.91 Å². The molecule has 5 heteroatoms.